The van der Waals surface area contributed by atoms with Crippen LogP contribution in [0.3, 0.4) is 0 Å². The van der Waals surface area contributed by atoms with Crippen molar-refractivity contribution in [3.63, 3.8) is 0 Å². The summed E-state index contributed by atoms with van der Waals surface area (Å²) in [6.45, 7) is 3.63. The second-order valence-electron chi connectivity index (χ2n) is 6.10. The van der Waals surface area contributed by atoms with E-state index in [1.807, 2.05) is 11.4 Å². The summed E-state index contributed by atoms with van der Waals surface area (Å²) in [6.07, 6.45) is -4.93. The van der Waals surface area contributed by atoms with Gasteiger partial charge in [-0.05, 0) is 31.3 Å². The fourth-order valence-electron chi connectivity index (χ4n) is 2.64. The summed E-state index contributed by atoms with van der Waals surface area (Å²) >= 11 is 0. The minimum absolute atomic E-state index is 0.0507. The van der Waals surface area contributed by atoms with Gasteiger partial charge in [0.15, 0.2) is 5.82 Å². The Balaban J connectivity index is 1.73. The largest absolute Gasteiger partial charge is 0.471 e. The molecule has 0 radical (unpaired) electrons. The molecule has 0 bridgehead atoms. The molecule has 1 fully saturated rings. The number of rotatable bonds is 3. The summed E-state index contributed by atoms with van der Waals surface area (Å²) < 4.78 is 37.1. The van der Waals surface area contributed by atoms with Crippen molar-refractivity contribution in [2.45, 2.75) is 6.18 Å². The number of hydrogen-bond donors (Lipinski definition) is 1. The Labute approximate surface area is 148 Å². The SMILES string of the molecule is CN1CCN(c2ccc(-c3cccc(NC(=O)C(F)(F)F)c3)nn2)CC1. The lowest BCUT2D eigenvalue weighted by Crippen LogP contribution is -2.44. The van der Waals surface area contributed by atoms with Crippen molar-refractivity contribution in [3.05, 3.63) is 36.4 Å². The van der Waals surface area contributed by atoms with Gasteiger partial charge in [-0.3, -0.25) is 4.79 Å². The fourth-order valence-corrected chi connectivity index (χ4v) is 2.64. The third kappa shape index (κ3) is 4.29. The van der Waals surface area contributed by atoms with Gasteiger partial charge in [-0.25, -0.2) is 0 Å². The number of hydrogen-bond acceptors (Lipinski definition) is 5. The number of aromatic nitrogens is 2. The average molecular weight is 365 g/mol. The number of piperazine rings is 1. The van der Waals surface area contributed by atoms with Crippen molar-refractivity contribution < 1.29 is 18.0 Å². The first-order chi connectivity index (χ1) is 12.3. The quantitative estimate of drug-likeness (QED) is 0.905. The Morgan fingerprint density at radius 1 is 1.08 bits per heavy atom. The molecule has 0 aliphatic carbocycles. The zero-order chi connectivity index (χ0) is 18.7. The molecular formula is C17H18F3N5O. The average Bonchev–Trinajstić information content (AvgIpc) is 2.62. The molecule has 1 saturated heterocycles. The molecule has 3 rings (SSSR count). The Bertz CT molecular complexity index is 771. The van der Waals surface area contributed by atoms with Crippen molar-refractivity contribution in [1.29, 1.82) is 0 Å². The molecule has 26 heavy (non-hydrogen) atoms. The number of amides is 1. The van der Waals surface area contributed by atoms with Gasteiger partial charge in [0.1, 0.15) is 0 Å². The molecule has 0 saturated carbocycles. The molecule has 1 aromatic carbocycles. The van der Waals surface area contributed by atoms with Gasteiger partial charge >= 0.3 is 12.1 Å². The topological polar surface area (TPSA) is 61.4 Å². The van der Waals surface area contributed by atoms with Crippen molar-refractivity contribution in [2.75, 3.05) is 43.4 Å². The van der Waals surface area contributed by atoms with Crippen LogP contribution < -0.4 is 10.2 Å². The van der Waals surface area contributed by atoms with Gasteiger partial charge in [0.05, 0.1) is 5.69 Å². The number of nitrogens with one attached hydrogen (secondary N) is 1. The van der Waals surface area contributed by atoms with E-state index in [2.05, 4.69) is 27.0 Å². The second-order valence-corrected chi connectivity index (χ2v) is 6.10. The number of nitrogens with zero attached hydrogens (tertiary/aromatic N) is 4. The van der Waals surface area contributed by atoms with Crippen LogP contribution in [0.25, 0.3) is 11.3 Å². The van der Waals surface area contributed by atoms with Gasteiger partial charge in [-0.1, -0.05) is 12.1 Å². The lowest BCUT2D eigenvalue weighted by atomic mass is 10.1. The maximum absolute atomic E-state index is 12.4. The smallest absolute Gasteiger partial charge is 0.353 e. The summed E-state index contributed by atoms with van der Waals surface area (Å²) in [5.41, 5.74) is 1.14. The minimum Gasteiger partial charge on any atom is -0.353 e. The number of anilines is 2. The predicted molar refractivity (Wildman–Crippen MR) is 91.9 cm³/mol. The van der Waals surface area contributed by atoms with E-state index in [0.29, 0.717) is 11.3 Å². The Morgan fingerprint density at radius 2 is 1.81 bits per heavy atom. The van der Waals surface area contributed by atoms with Crippen LogP contribution in [-0.4, -0.2) is 60.4 Å². The van der Waals surface area contributed by atoms with Crippen molar-refractivity contribution in [2.24, 2.45) is 0 Å². The second kappa shape index (κ2) is 7.28. The number of halogens is 3. The summed E-state index contributed by atoms with van der Waals surface area (Å²) in [7, 11) is 2.07. The molecule has 0 atom stereocenters. The van der Waals surface area contributed by atoms with Gasteiger partial charge < -0.3 is 15.1 Å². The van der Waals surface area contributed by atoms with Crippen LogP contribution in [0, 0.1) is 0 Å². The van der Waals surface area contributed by atoms with E-state index in [4.69, 9.17) is 0 Å². The Morgan fingerprint density at radius 3 is 2.42 bits per heavy atom. The number of carbonyl (C=O) groups is 1. The molecule has 1 aromatic heterocycles. The maximum Gasteiger partial charge on any atom is 0.471 e. The molecule has 1 N–H and O–H groups in total. The van der Waals surface area contributed by atoms with Crippen LogP contribution in [-0.2, 0) is 4.79 Å². The zero-order valence-electron chi connectivity index (χ0n) is 14.1. The van der Waals surface area contributed by atoms with Crippen LogP contribution in [0.15, 0.2) is 36.4 Å². The Hall–Kier alpha value is -2.68. The highest BCUT2D eigenvalue weighted by Gasteiger charge is 2.38. The summed E-state index contributed by atoms with van der Waals surface area (Å²) in [5, 5.41) is 10.2. The molecule has 6 nitrogen and oxygen atoms in total. The van der Waals surface area contributed by atoms with E-state index in [9.17, 15) is 18.0 Å². The summed E-state index contributed by atoms with van der Waals surface area (Å²) in [5.74, 6) is -1.24. The molecule has 0 spiro atoms. The molecule has 1 aliphatic heterocycles. The van der Waals surface area contributed by atoms with E-state index in [-0.39, 0.29) is 5.69 Å². The number of benzene rings is 1. The van der Waals surface area contributed by atoms with Crippen LogP contribution in [0.1, 0.15) is 0 Å². The van der Waals surface area contributed by atoms with Crippen LogP contribution in [0.2, 0.25) is 0 Å². The van der Waals surface area contributed by atoms with Gasteiger partial charge in [0.2, 0.25) is 0 Å². The number of alkyl halides is 3. The summed E-state index contributed by atoms with van der Waals surface area (Å²) in [4.78, 5) is 15.4. The van der Waals surface area contributed by atoms with E-state index in [0.717, 1.165) is 32.0 Å². The van der Waals surface area contributed by atoms with Crippen LogP contribution >= 0.6 is 0 Å². The first-order valence-corrected chi connectivity index (χ1v) is 8.09. The third-order valence-electron chi connectivity index (χ3n) is 4.15. The van der Waals surface area contributed by atoms with E-state index in [1.165, 1.54) is 12.1 Å². The predicted octanol–water partition coefficient (Wildman–Crippen LogP) is 2.40. The normalized spacial score (nSPS) is 15.8. The van der Waals surface area contributed by atoms with E-state index >= 15 is 0 Å². The molecular weight excluding hydrogens is 347 g/mol. The Kier molecular flexibility index (Phi) is 5.08. The van der Waals surface area contributed by atoms with E-state index in [1.54, 1.807) is 18.2 Å². The lowest BCUT2D eigenvalue weighted by Gasteiger charge is -2.32. The number of likely N-dealkylation sites (N-methyl/N-ethyl adjacent to an activating group) is 1. The molecule has 0 unspecified atom stereocenters. The maximum atomic E-state index is 12.4. The molecule has 2 heterocycles. The first-order valence-electron chi connectivity index (χ1n) is 8.09. The number of carbonyl (C=O) groups excluding carboxylic acids is 1. The third-order valence-corrected chi connectivity index (χ3v) is 4.15. The standard InChI is InChI=1S/C17H18F3N5O/c1-24-7-9-25(10-8-24)15-6-5-14(22-23-15)12-3-2-4-13(11-12)21-16(26)17(18,19)20/h2-6,11H,7-10H2,1H3,(H,21,26). The highest BCUT2D eigenvalue weighted by atomic mass is 19.4. The van der Waals surface area contributed by atoms with Crippen molar-refractivity contribution >= 4 is 17.4 Å². The summed E-state index contributed by atoms with van der Waals surface area (Å²) in [6, 6.07) is 9.68. The van der Waals surface area contributed by atoms with Crippen LogP contribution in [0.5, 0.6) is 0 Å². The monoisotopic (exact) mass is 365 g/mol. The zero-order valence-corrected chi connectivity index (χ0v) is 14.1. The molecule has 1 aliphatic rings. The first kappa shape index (κ1) is 18.1. The fraction of sp³-hybridized carbons (Fsp3) is 0.353. The van der Waals surface area contributed by atoms with Gasteiger partial charge in [-0.2, -0.15) is 13.2 Å². The highest BCUT2D eigenvalue weighted by Crippen LogP contribution is 2.24. The van der Waals surface area contributed by atoms with Crippen molar-refractivity contribution in [1.82, 2.24) is 15.1 Å². The molecule has 9 heteroatoms. The van der Waals surface area contributed by atoms with Crippen molar-refractivity contribution in [3.8, 4) is 11.3 Å². The molecule has 138 valence electrons. The van der Waals surface area contributed by atoms with Gasteiger partial charge in [0, 0.05) is 37.4 Å². The van der Waals surface area contributed by atoms with E-state index < -0.39 is 12.1 Å². The van der Waals surface area contributed by atoms with Gasteiger partial charge in [0.25, 0.3) is 0 Å². The van der Waals surface area contributed by atoms with Crippen LogP contribution in [0.4, 0.5) is 24.7 Å². The van der Waals surface area contributed by atoms with Gasteiger partial charge in [-0.15, -0.1) is 10.2 Å². The highest BCUT2D eigenvalue weighted by molar-refractivity contribution is 5.95. The minimum atomic E-state index is -4.93. The molecule has 1 amide bonds. The molecule has 2 aromatic rings. The lowest BCUT2D eigenvalue weighted by molar-refractivity contribution is -0.167.